The van der Waals surface area contributed by atoms with Gasteiger partial charge in [0, 0.05) is 17.6 Å². The third-order valence-corrected chi connectivity index (χ3v) is 3.84. The number of rotatable bonds is 9. The van der Waals surface area contributed by atoms with E-state index in [2.05, 4.69) is 35.1 Å². The third kappa shape index (κ3) is 7.19. The van der Waals surface area contributed by atoms with Gasteiger partial charge in [-0.1, -0.05) is 37.8 Å². The Balaban J connectivity index is 2.16. The zero-order valence-electron chi connectivity index (χ0n) is 11.7. The second-order valence-corrected chi connectivity index (χ2v) is 6.06. The van der Waals surface area contributed by atoms with Crippen molar-refractivity contribution in [2.24, 2.45) is 0 Å². The minimum Gasteiger partial charge on any atom is -0.491 e. The first-order valence-corrected chi connectivity index (χ1v) is 8.11. The smallest absolute Gasteiger partial charge is 0.133 e. The Labute approximate surface area is 130 Å². The van der Waals surface area contributed by atoms with E-state index < -0.39 is 0 Å². The molecule has 1 rings (SSSR count). The van der Waals surface area contributed by atoms with E-state index in [1.165, 1.54) is 25.7 Å². The molecule has 0 saturated carbocycles. The number of benzene rings is 1. The van der Waals surface area contributed by atoms with E-state index in [-0.39, 0.29) is 0 Å². The molecule has 1 N–H and O–H groups in total. The third-order valence-electron chi connectivity index (χ3n) is 2.99. The number of ether oxygens (including phenoxy) is 1. The fraction of sp³-hybridized carbons (Fsp3) is 0.600. The molecule has 1 aromatic carbocycles. The summed E-state index contributed by atoms with van der Waals surface area (Å²) < 4.78 is 6.60. The van der Waals surface area contributed by atoms with Crippen LogP contribution in [-0.4, -0.2) is 19.2 Å². The Bertz CT molecular complexity index is 373. The summed E-state index contributed by atoms with van der Waals surface area (Å²) in [5.74, 6) is 0.838. The maximum Gasteiger partial charge on any atom is 0.133 e. The molecule has 1 atom stereocenters. The van der Waals surface area contributed by atoms with Crippen molar-refractivity contribution in [3.63, 3.8) is 0 Å². The van der Waals surface area contributed by atoms with Crippen LogP contribution in [0, 0.1) is 0 Å². The maximum atomic E-state index is 5.88. The molecule has 0 spiro atoms. The molecule has 0 amide bonds. The molecule has 0 aromatic heterocycles. The average molecular weight is 349 g/mol. The van der Waals surface area contributed by atoms with E-state index in [1.807, 2.05) is 18.2 Å². The summed E-state index contributed by atoms with van der Waals surface area (Å²) in [5.41, 5.74) is 0. The van der Waals surface area contributed by atoms with E-state index in [0.717, 1.165) is 16.8 Å². The first kappa shape index (κ1) is 16.8. The normalized spacial score (nSPS) is 12.4. The highest BCUT2D eigenvalue weighted by Gasteiger charge is 2.03. The van der Waals surface area contributed by atoms with Crippen LogP contribution in [0.5, 0.6) is 5.75 Å². The summed E-state index contributed by atoms with van der Waals surface area (Å²) in [4.78, 5) is 0. The Hall–Kier alpha value is -0.250. The van der Waals surface area contributed by atoms with Crippen molar-refractivity contribution >= 4 is 27.5 Å². The van der Waals surface area contributed by atoms with E-state index >= 15 is 0 Å². The van der Waals surface area contributed by atoms with Crippen molar-refractivity contribution < 1.29 is 4.74 Å². The van der Waals surface area contributed by atoms with Gasteiger partial charge in [0.05, 0.1) is 4.47 Å². The lowest BCUT2D eigenvalue weighted by atomic mass is 10.1. The second-order valence-electron chi connectivity index (χ2n) is 4.77. The fourth-order valence-corrected chi connectivity index (χ4v) is 2.66. The standard InChI is InChI=1S/C15H23BrClNO/c1-3-4-5-6-12(2)18-9-10-19-15-8-7-13(17)11-14(15)16/h7-8,11-12,18H,3-6,9-10H2,1-2H3. The van der Waals surface area contributed by atoms with E-state index in [9.17, 15) is 0 Å². The highest BCUT2D eigenvalue weighted by Crippen LogP contribution is 2.27. The summed E-state index contributed by atoms with van der Waals surface area (Å²) in [7, 11) is 0. The van der Waals surface area contributed by atoms with Crippen molar-refractivity contribution in [2.75, 3.05) is 13.2 Å². The largest absolute Gasteiger partial charge is 0.491 e. The van der Waals surface area contributed by atoms with Crippen LogP contribution in [0.4, 0.5) is 0 Å². The van der Waals surface area contributed by atoms with Crippen molar-refractivity contribution in [1.29, 1.82) is 0 Å². The molecule has 0 fully saturated rings. The fourth-order valence-electron chi connectivity index (χ4n) is 1.86. The minimum absolute atomic E-state index is 0.559. The monoisotopic (exact) mass is 347 g/mol. The van der Waals surface area contributed by atoms with Gasteiger partial charge in [-0.25, -0.2) is 0 Å². The summed E-state index contributed by atoms with van der Waals surface area (Å²) >= 11 is 9.32. The highest BCUT2D eigenvalue weighted by molar-refractivity contribution is 9.10. The van der Waals surface area contributed by atoms with Gasteiger partial charge in [0.25, 0.3) is 0 Å². The summed E-state index contributed by atoms with van der Waals surface area (Å²) in [5, 5.41) is 4.19. The Morgan fingerprint density at radius 2 is 2.16 bits per heavy atom. The SMILES string of the molecule is CCCCCC(C)NCCOc1ccc(Cl)cc1Br. The predicted molar refractivity (Wildman–Crippen MR) is 86.3 cm³/mol. The highest BCUT2D eigenvalue weighted by atomic mass is 79.9. The van der Waals surface area contributed by atoms with Crippen LogP contribution >= 0.6 is 27.5 Å². The molecule has 1 unspecified atom stereocenters. The molecule has 0 saturated heterocycles. The molecule has 2 nitrogen and oxygen atoms in total. The van der Waals surface area contributed by atoms with Crippen molar-refractivity contribution in [1.82, 2.24) is 5.32 Å². The summed E-state index contributed by atoms with van der Waals surface area (Å²) in [6.45, 7) is 5.99. The number of unbranched alkanes of at least 4 members (excludes halogenated alkanes) is 2. The summed E-state index contributed by atoms with van der Waals surface area (Å²) in [6.07, 6.45) is 5.13. The molecule has 0 radical (unpaired) electrons. The molecule has 0 bridgehead atoms. The lowest BCUT2D eigenvalue weighted by molar-refractivity contribution is 0.302. The van der Waals surface area contributed by atoms with Gasteiger partial charge in [-0.05, 0) is 47.5 Å². The first-order chi connectivity index (χ1) is 9.13. The van der Waals surface area contributed by atoms with Gasteiger partial charge >= 0.3 is 0 Å². The van der Waals surface area contributed by atoms with Crippen LogP contribution in [0.3, 0.4) is 0 Å². The Morgan fingerprint density at radius 1 is 1.37 bits per heavy atom. The van der Waals surface area contributed by atoms with Gasteiger partial charge in [0.2, 0.25) is 0 Å². The molecule has 108 valence electrons. The van der Waals surface area contributed by atoms with Gasteiger partial charge in [0.1, 0.15) is 12.4 Å². The topological polar surface area (TPSA) is 21.3 Å². The van der Waals surface area contributed by atoms with E-state index in [4.69, 9.17) is 16.3 Å². The van der Waals surface area contributed by atoms with Crippen LogP contribution in [0.15, 0.2) is 22.7 Å². The predicted octanol–water partition coefficient (Wildman–Crippen LogP) is 5.04. The summed E-state index contributed by atoms with van der Waals surface area (Å²) in [6, 6.07) is 6.13. The van der Waals surface area contributed by atoms with Gasteiger partial charge in [-0.3, -0.25) is 0 Å². The number of hydrogen-bond acceptors (Lipinski definition) is 2. The zero-order chi connectivity index (χ0) is 14.1. The molecule has 4 heteroatoms. The van der Waals surface area contributed by atoms with Crippen LogP contribution in [-0.2, 0) is 0 Å². The maximum absolute atomic E-state index is 5.88. The lowest BCUT2D eigenvalue weighted by Gasteiger charge is -2.14. The van der Waals surface area contributed by atoms with Crippen molar-refractivity contribution in [3.05, 3.63) is 27.7 Å². The van der Waals surface area contributed by atoms with Crippen LogP contribution in [0.1, 0.15) is 39.5 Å². The average Bonchev–Trinajstić information content (AvgIpc) is 2.37. The van der Waals surface area contributed by atoms with Gasteiger partial charge in [-0.15, -0.1) is 0 Å². The number of nitrogens with one attached hydrogen (secondary N) is 1. The van der Waals surface area contributed by atoms with Crippen LogP contribution < -0.4 is 10.1 Å². The van der Waals surface area contributed by atoms with Gasteiger partial charge in [0.15, 0.2) is 0 Å². The Kier molecular flexibility index (Phi) is 8.51. The molecule has 0 heterocycles. The van der Waals surface area contributed by atoms with Gasteiger partial charge in [-0.2, -0.15) is 0 Å². The molecule has 0 aliphatic carbocycles. The van der Waals surface area contributed by atoms with Crippen molar-refractivity contribution in [3.8, 4) is 5.75 Å². The molecule has 1 aromatic rings. The van der Waals surface area contributed by atoms with E-state index in [1.54, 1.807) is 0 Å². The van der Waals surface area contributed by atoms with E-state index in [0.29, 0.717) is 17.7 Å². The van der Waals surface area contributed by atoms with Crippen LogP contribution in [0.2, 0.25) is 5.02 Å². The van der Waals surface area contributed by atoms with Crippen LogP contribution in [0.25, 0.3) is 0 Å². The lowest BCUT2D eigenvalue weighted by Crippen LogP contribution is -2.30. The molecular formula is C15H23BrClNO. The Morgan fingerprint density at radius 3 is 2.84 bits per heavy atom. The zero-order valence-corrected chi connectivity index (χ0v) is 14.1. The molecule has 19 heavy (non-hydrogen) atoms. The second kappa shape index (κ2) is 9.62. The first-order valence-electron chi connectivity index (χ1n) is 6.94. The number of hydrogen-bond donors (Lipinski definition) is 1. The quantitative estimate of drug-likeness (QED) is 0.631. The molecule has 0 aliphatic heterocycles. The minimum atomic E-state index is 0.559. The van der Waals surface area contributed by atoms with Crippen molar-refractivity contribution in [2.45, 2.75) is 45.6 Å². The van der Waals surface area contributed by atoms with Gasteiger partial charge < -0.3 is 10.1 Å². The molecular weight excluding hydrogens is 326 g/mol. The number of halogens is 2. The molecule has 0 aliphatic rings.